The number of carbonyl (C=O) groups excluding carboxylic acids is 2. The Morgan fingerprint density at radius 3 is 2.38 bits per heavy atom. The van der Waals surface area contributed by atoms with Gasteiger partial charge in [0.2, 0.25) is 5.91 Å². The molecule has 0 saturated heterocycles. The van der Waals surface area contributed by atoms with Crippen LogP contribution in [0.25, 0.3) is 0 Å². The minimum atomic E-state index is -0.735. The number of benzene rings is 1. The number of anilines is 1. The van der Waals surface area contributed by atoms with Crippen LogP contribution in [0.15, 0.2) is 12.1 Å². The lowest BCUT2D eigenvalue weighted by Gasteiger charge is -2.21. The number of ether oxygens (including phenoxy) is 2. The zero-order chi connectivity index (χ0) is 19.7. The Bertz CT molecular complexity index is 625. The van der Waals surface area contributed by atoms with Crippen LogP contribution in [0.4, 0.5) is 10.5 Å². The summed E-state index contributed by atoms with van der Waals surface area (Å²) in [4.78, 5) is 24.5. The van der Waals surface area contributed by atoms with Crippen LogP contribution in [0, 0.1) is 5.92 Å². The lowest BCUT2D eigenvalue weighted by molar-refractivity contribution is -0.123. The molecular weight excluding hydrogens is 362 g/mol. The largest absolute Gasteiger partial charge is 0.495 e. The molecule has 0 spiro atoms. The summed E-state index contributed by atoms with van der Waals surface area (Å²) < 4.78 is 10.3. The van der Waals surface area contributed by atoms with E-state index in [-0.39, 0.29) is 25.0 Å². The molecule has 1 aromatic carbocycles. The first-order chi connectivity index (χ1) is 12.3. The summed E-state index contributed by atoms with van der Waals surface area (Å²) >= 11 is 6.08. The zero-order valence-electron chi connectivity index (χ0n) is 15.4. The van der Waals surface area contributed by atoms with Crippen LogP contribution in [0.1, 0.15) is 20.3 Å². The van der Waals surface area contributed by atoms with Crippen LogP contribution in [0.2, 0.25) is 5.02 Å². The van der Waals surface area contributed by atoms with E-state index in [1.165, 1.54) is 20.3 Å². The third kappa shape index (κ3) is 6.61. The van der Waals surface area contributed by atoms with Gasteiger partial charge in [0.1, 0.15) is 17.5 Å². The van der Waals surface area contributed by atoms with Crippen LogP contribution in [-0.2, 0) is 4.79 Å². The minimum absolute atomic E-state index is 0.124. The van der Waals surface area contributed by atoms with Crippen molar-refractivity contribution in [2.45, 2.75) is 26.3 Å². The Balaban J connectivity index is 2.87. The molecule has 0 aliphatic heterocycles. The van der Waals surface area contributed by atoms with Crippen molar-refractivity contribution < 1.29 is 24.2 Å². The topological polar surface area (TPSA) is 109 Å². The van der Waals surface area contributed by atoms with Crippen molar-refractivity contribution in [2.75, 3.05) is 32.7 Å². The molecule has 1 rings (SSSR count). The number of hydrogen-bond acceptors (Lipinski definition) is 5. The quantitative estimate of drug-likeness (QED) is 0.518. The highest BCUT2D eigenvalue weighted by molar-refractivity contribution is 6.32. The van der Waals surface area contributed by atoms with E-state index in [2.05, 4.69) is 16.0 Å². The summed E-state index contributed by atoms with van der Waals surface area (Å²) in [6, 6.07) is 1.75. The molecule has 146 valence electrons. The van der Waals surface area contributed by atoms with Gasteiger partial charge in [-0.1, -0.05) is 25.4 Å². The number of nitrogens with one attached hydrogen (secondary N) is 3. The van der Waals surface area contributed by atoms with Crippen molar-refractivity contribution in [3.8, 4) is 11.5 Å². The maximum absolute atomic E-state index is 12.3. The van der Waals surface area contributed by atoms with Gasteiger partial charge >= 0.3 is 6.03 Å². The molecule has 26 heavy (non-hydrogen) atoms. The molecule has 4 N–H and O–H groups in total. The van der Waals surface area contributed by atoms with E-state index in [1.807, 2.05) is 13.8 Å². The van der Waals surface area contributed by atoms with Gasteiger partial charge in [-0.15, -0.1) is 0 Å². The van der Waals surface area contributed by atoms with E-state index in [0.29, 0.717) is 28.6 Å². The Hall–Kier alpha value is -2.19. The highest BCUT2D eigenvalue weighted by atomic mass is 35.5. The third-order valence-corrected chi connectivity index (χ3v) is 3.76. The maximum atomic E-state index is 12.3. The second-order valence-electron chi connectivity index (χ2n) is 5.98. The number of rotatable bonds is 9. The molecule has 0 unspecified atom stereocenters. The number of urea groups is 1. The fourth-order valence-corrected chi connectivity index (χ4v) is 2.52. The third-order valence-electron chi connectivity index (χ3n) is 3.46. The molecule has 9 heteroatoms. The number of carbonyl (C=O) groups is 2. The Kier molecular flexibility index (Phi) is 9.01. The van der Waals surface area contributed by atoms with E-state index in [4.69, 9.17) is 26.2 Å². The van der Waals surface area contributed by atoms with Crippen molar-refractivity contribution in [1.29, 1.82) is 0 Å². The van der Waals surface area contributed by atoms with Crippen molar-refractivity contribution in [3.05, 3.63) is 17.2 Å². The number of methoxy groups -OCH3 is 2. The molecule has 8 nitrogen and oxygen atoms in total. The molecule has 0 aliphatic carbocycles. The fourth-order valence-electron chi connectivity index (χ4n) is 2.28. The number of amides is 3. The average molecular weight is 388 g/mol. The molecule has 1 aromatic rings. The predicted molar refractivity (Wildman–Crippen MR) is 100 cm³/mol. The summed E-state index contributed by atoms with van der Waals surface area (Å²) in [6.07, 6.45) is 0.450. The van der Waals surface area contributed by atoms with Crippen LogP contribution >= 0.6 is 11.6 Å². The molecule has 1 atom stereocenters. The molecule has 0 bridgehead atoms. The smallest absolute Gasteiger partial charge is 0.319 e. The first-order valence-electron chi connectivity index (χ1n) is 8.20. The second-order valence-corrected chi connectivity index (χ2v) is 6.39. The van der Waals surface area contributed by atoms with Gasteiger partial charge < -0.3 is 30.5 Å². The standard InChI is InChI=1S/C17H26ClN3O5/c1-10(2)7-13(16(23)19-5-6-22)21-17(24)20-12-8-11(18)14(25-3)9-15(12)26-4/h8-10,13,22H,5-7H2,1-4H3,(H,19,23)(H2,20,21,24)/t13-/m0/s1. The lowest BCUT2D eigenvalue weighted by atomic mass is 10.0. The number of halogens is 1. The normalized spacial score (nSPS) is 11.7. The number of aliphatic hydroxyl groups is 1. The van der Waals surface area contributed by atoms with Crippen molar-refractivity contribution in [3.63, 3.8) is 0 Å². The van der Waals surface area contributed by atoms with E-state index in [1.54, 1.807) is 6.07 Å². The van der Waals surface area contributed by atoms with Crippen molar-refractivity contribution in [2.24, 2.45) is 5.92 Å². The molecule has 0 aromatic heterocycles. The molecule has 0 saturated carbocycles. The van der Waals surface area contributed by atoms with E-state index < -0.39 is 12.1 Å². The first kappa shape index (κ1) is 21.9. The molecule has 0 aliphatic rings. The van der Waals surface area contributed by atoms with Crippen molar-refractivity contribution in [1.82, 2.24) is 10.6 Å². The highest BCUT2D eigenvalue weighted by Crippen LogP contribution is 2.35. The van der Waals surface area contributed by atoms with E-state index >= 15 is 0 Å². The second kappa shape index (κ2) is 10.7. The lowest BCUT2D eigenvalue weighted by Crippen LogP contribution is -2.49. The average Bonchev–Trinajstić information content (AvgIpc) is 2.58. The fraction of sp³-hybridized carbons (Fsp3) is 0.529. The molecule has 0 radical (unpaired) electrons. The Morgan fingerprint density at radius 1 is 1.19 bits per heavy atom. The molecule has 0 heterocycles. The highest BCUT2D eigenvalue weighted by Gasteiger charge is 2.22. The molecular formula is C17H26ClN3O5. The number of aliphatic hydroxyl groups excluding tert-OH is 1. The summed E-state index contributed by atoms with van der Waals surface area (Å²) in [7, 11) is 2.93. The maximum Gasteiger partial charge on any atom is 0.319 e. The van der Waals surface area contributed by atoms with E-state index in [0.717, 1.165) is 0 Å². The van der Waals surface area contributed by atoms with Crippen LogP contribution in [0.5, 0.6) is 11.5 Å². The summed E-state index contributed by atoms with van der Waals surface area (Å²) in [5, 5.41) is 17.0. The van der Waals surface area contributed by atoms with Gasteiger partial charge in [0.05, 0.1) is 31.5 Å². The summed E-state index contributed by atoms with van der Waals surface area (Å²) in [6.45, 7) is 3.84. The van der Waals surface area contributed by atoms with Gasteiger partial charge in [-0.2, -0.15) is 0 Å². The number of hydrogen-bond donors (Lipinski definition) is 4. The molecule has 0 fully saturated rings. The Labute approximate surface area is 158 Å². The van der Waals surface area contributed by atoms with Gasteiger partial charge in [0, 0.05) is 12.6 Å². The first-order valence-corrected chi connectivity index (χ1v) is 8.57. The van der Waals surface area contributed by atoms with Crippen LogP contribution in [-0.4, -0.2) is 50.5 Å². The van der Waals surface area contributed by atoms with E-state index in [9.17, 15) is 9.59 Å². The van der Waals surface area contributed by atoms with Crippen LogP contribution < -0.4 is 25.4 Å². The minimum Gasteiger partial charge on any atom is -0.495 e. The Morgan fingerprint density at radius 2 is 1.85 bits per heavy atom. The van der Waals surface area contributed by atoms with Gasteiger partial charge in [0.25, 0.3) is 0 Å². The van der Waals surface area contributed by atoms with Gasteiger partial charge in [-0.05, 0) is 18.4 Å². The summed E-state index contributed by atoms with van der Waals surface area (Å²) in [5.41, 5.74) is 0.342. The monoisotopic (exact) mass is 387 g/mol. The van der Waals surface area contributed by atoms with Crippen LogP contribution in [0.3, 0.4) is 0 Å². The van der Waals surface area contributed by atoms with Crippen molar-refractivity contribution >= 4 is 29.2 Å². The SMILES string of the molecule is COc1cc(OC)c(NC(=O)N[C@@H](CC(C)C)C(=O)NCCO)cc1Cl. The molecule has 3 amide bonds. The van der Waals surface area contributed by atoms with Gasteiger partial charge in [0.15, 0.2) is 0 Å². The summed E-state index contributed by atoms with van der Waals surface area (Å²) in [5.74, 6) is 0.606. The zero-order valence-corrected chi connectivity index (χ0v) is 16.1. The van der Waals surface area contributed by atoms with Gasteiger partial charge in [-0.3, -0.25) is 4.79 Å². The van der Waals surface area contributed by atoms with Gasteiger partial charge in [-0.25, -0.2) is 4.79 Å². The predicted octanol–water partition coefficient (Wildman–Crippen LogP) is 2.00.